The fourth-order valence-corrected chi connectivity index (χ4v) is 2.22. The first kappa shape index (κ1) is 12.9. The highest BCUT2D eigenvalue weighted by Crippen LogP contribution is 2.25. The SMILES string of the molecule is CN(C)c1ncccc1-c1nc(N2CCOCC2)n[nH]1. The Morgan fingerprint density at radius 2 is 2.10 bits per heavy atom. The smallest absolute Gasteiger partial charge is 0.245 e. The molecule has 0 radical (unpaired) electrons. The van der Waals surface area contributed by atoms with E-state index in [2.05, 4.69) is 25.1 Å². The van der Waals surface area contributed by atoms with Gasteiger partial charge in [0.2, 0.25) is 5.95 Å². The topological polar surface area (TPSA) is 70.2 Å². The molecule has 1 aliphatic rings. The zero-order valence-electron chi connectivity index (χ0n) is 11.7. The molecule has 3 heterocycles. The molecule has 2 aromatic heterocycles. The molecule has 0 unspecified atom stereocenters. The number of pyridine rings is 1. The number of H-pyrrole nitrogens is 1. The summed E-state index contributed by atoms with van der Waals surface area (Å²) in [4.78, 5) is 13.0. The van der Waals surface area contributed by atoms with Crippen LogP contribution in [0.5, 0.6) is 0 Å². The number of ether oxygens (including phenoxy) is 1. The molecule has 0 aliphatic carbocycles. The summed E-state index contributed by atoms with van der Waals surface area (Å²) in [5, 5.41) is 7.31. The Hall–Kier alpha value is -2.15. The largest absolute Gasteiger partial charge is 0.378 e. The van der Waals surface area contributed by atoms with Gasteiger partial charge in [-0.25, -0.2) is 4.98 Å². The first-order valence-electron chi connectivity index (χ1n) is 6.63. The summed E-state index contributed by atoms with van der Waals surface area (Å²) in [6.07, 6.45) is 1.78. The van der Waals surface area contributed by atoms with Crippen molar-refractivity contribution in [2.45, 2.75) is 0 Å². The molecule has 0 atom stereocenters. The van der Waals surface area contributed by atoms with Crippen molar-refractivity contribution < 1.29 is 4.74 Å². The Morgan fingerprint density at radius 3 is 2.85 bits per heavy atom. The van der Waals surface area contributed by atoms with Gasteiger partial charge in [-0.2, -0.15) is 4.98 Å². The van der Waals surface area contributed by atoms with E-state index in [-0.39, 0.29) is 0 Å². The van der Waals surface area contributed by atoms with Crippen molar-refractivity contribution in [2.75, 3.05) is 50.2 Å². The molecule has 1 saturated heterocycles. The molecule has 106 valence electrons. The third kappa shape index (κ3) is 2.44. The molecule has 0 bridgehead atoms. The Morgan fingerprint density at radius 1 is 1.30 bits per heavy atom. The predicted molar refractivity (Wildman–Crippen MR) is 77.0 cm³/mol. The minimum Gasteiger partial charge on any atom is -0.378 e. The number of hydrogen-bond acceptors (Lipinski definition) is 6. The Kier molecular flexibility index (Phi) is 3.51. The van der Waals surface area contributed by atoms with Crippen LogP contribution in [0, 0.1) is 0 Å². The van der Waals surface area contributed by atoms with Crippen LogP contribution in [-0.4, -0.2) is 60.6 Å². The lowest BCUT2D eigenvalue weighted by Crippen LogP contribution is -2.36. The van der Waals surface area contributed by atoms with Crippen molar-refractivity contribution in [3.8, 4) is 11.4 Å². The lowest BCUT2D eigenvalue weighted by Gasteiger charge is -2.25. The zero-order valence-corrected chi connectivity index (χ0v) is 11.7. The molecule has 3 rings (SSSR count). The number of nitrogens with zero attached hydrogens (tertiary/aromatic N) is 5. The van der Waals surface area contributed by atoms with Crippen LogP contribution in [0.4, 0.5) is 11.8 Å². The fraction of sp³-hybridized carbons (Fsp3) is 0.462. The highest BCUT2D eigenvalue weighted by atomic mass is 16.5. The summed E-state index contributed by atoms with van der Waals surface area (Å²) in [6.45, 7) is 3.09. The van der Waals surface area contributed by atoms with E-state index in [9.17, 15) is 0 Å². The van der Waals surface area contributed by atoms with E-state index < -0.39 is 0 Å². The van der Waals surface area contributed by atoms with E-state index in [4.69, 9.17) is 4.74 Å². The molecule has 1 N–H and O–H groups in total. The van der Waals surface area contributed by atoms with Crippen LogP contribution < -0.4 is 9.80 Å². The molecule has 1 fully saturated rings. The number of morpholine rings is 1. The summed E-state index contributed by atoms with van der Waals surface area (Å²) in [6, 6.07) is 3.89. The van der Waals surface area contributed by atoms with Gasteiger partial charge in [0.1, 0.15) is 5.82 Å². The van der Waals surface area contributed by atoms with E-state index >= 15 is 0 Å². The van der Waals surface area contributed by atoms with Crippen LogP contribution in [-0.2, 0) is 4.74 Å². The van der Waals surface area contributed by atoms with Crippen LogP contribution in [0.3, 0.4) is 0 Å². The quantitative estimate of drug-likeness (QED) is 0.891. The second-order valence-corrected chi connectivity index (χ2v) is 4.85. The molecule has 0 amide bonds. The molecule has 0 aromatic carbocycles. The van der Waals surface area contributed by atoms with Crippen LogP contribution in [0.1, 0.15) is 0 Å². The van der Waals surface area contributed by atoms with Gasteiger partial charge < -0.3 is 14.5 Å². The van der Waals surface area contributed by atoms with Crippen molar-refractivity contribution in [3.05, 3.63) is 18.3 Å². The van der Waals surface area contributed by atoms with Gasteiger partial charge in [-0.1, -0.05) is 0 Å². The van der Waals surface area contributed by atoms with Gasteiger partial charge in [0.05, 0.1) is 18.8 Å². The Balaban J connectivity index is 1.90. The monoisotopic (exact) mass is 274 g/mol. The minimum absolute atomic E-state index is 0.719. The molecule has 7 nitrogen and oxygen atoms in total. The lowest BCUT2D eigenvalue weighted by atomic mass is 10.2. The number of aromatic amines is 1. The average Bonchev–Trinajstić information content (AvgIpc) is 2.98. The Labute approximate surface area is 117 Å². The number of rotatable bonds is 3. The van der Waals surface area contributed by atoms with Gasteiger partial charge in [-0.15, -0.1) is 5.10 Å². The number of hydrogen-bond donors (Lipinski definition) is 1. The van der Waals surface area contributed by atoms with E-state index in [1.54, 1.807) is 6.20 Å². The van der Waals surface area contributed by atoms with Crippen LogP contribution in [0.2, 0.25) is 0 Å². The molecule has 0 spiro atoms. The van der Waals surface area contributed by atoms with Crippen molar-refractivity contribution in [1.29, 1.82) is 0 Å². The van der Waals surface area contributed by atoms with Gasteiger partial charge in [-0.05, 0) is 12.1 Å². The first-order valence-corrected chi connectivity index (χ1v) is 6.63. The Bertz CT molecular complexity index is 576. The third-order valence-electron chi connectivity index (χ3n) is 3.23. The van der Waals surface area contributed by atoms with Gasteiger partial charge in [0, 0.05) is 33.4 Å². The molecular weight excluding hydrogens is 256 g/mol. The molecule has 1 aliphatic heterocycles. The predicted octanol–water partition coefficient (Wildman–Crippen LogP) is 0.769. The first-order chi connectivity index (χ1) is 9.75. The van der Waals surface area contributed by atoms with Crippen molar-refractivity contribution in [1.82, 2.24) is 20.2 Å². The summed E-state index contributed by atoms with van der Waals surface area (Å²) < 4.78 is 5.34. The van der Waals surface area contributed by atoms with Crippen molar-refractivity contribution in [3.63, 3.8) is 0 Å². The maximum Gasteiger partial charge on any atom is 0.245 e. The number of anilines is 2. The molecule has 2 aromatic rings. The summed E-state index contributed by atoms with van der Waals surface area (Å²) >= 11 is 0. The summed E-state index contributed by atoms with van der Waals surface area (Å²) in [5.74, 6) is 2.33. The average molecular weight is 274 g/mol. The maximum atomic E-state index is 5.34. The van der Waals surface area contributed by atoms with Gasteiger partial charge in [0.25, 0.3) is 0 Å². The zero-order chi connectivity index (χ0) is 13.9. The van der Waals surface area contributed by atoms with Crippen LogP contribution in [0.25, 0.3) is 11.4 Å². The second-order valence-electron chi connectivity index (χ2n) is 4.85. The normalized spacial score (nSPS) is 15.4. The van der Waals surface area contributed by atoms with Gasteiger partial charge in [0.15, 0.2) is 5.82 Å². The molecule has 0 saturated carbocycles. The minimum atomic E-state index is 0.719. The standard InChI is InChI=1S/C13H18N6O/c1-18(2)12-10(4-3-5-14-12)11-15-13(17-16-11)19-6-8-20-9-7-19/h3-5H,6-9H2,1-2H3,(H,15,16,17). The van der Waals surface area contributed by atoms with Crippen LogP contribution >= 0.6 is 0 Å². The lowest BCUT2D eigenvalue weighted by molar-refractivity contribution is 0.122. The number of aromatic nitrogens is 4. The highest BCUT2D eigenvalue weighted by Gasteiger charge is 2.18. The van der Waals surface area contributed by atoms with Crippen molar-refractivity contribution in [2.24, 2.45) is 0 Å². The second kappa shape index (κ2) is 5.46. The maximum absolute atomic E-state index is 5.34. The third-order valence-corrected chi connectivity index (χ3v) is 3.23. The summed E-state index contributed by atoms with van der Waals surface area (Å²) in [7, 11) is 3.93. The number of nitrogens with one attached hydrogen (secondary N) is 1. The van der Waals surface area contributed by atoms with E-state index in [1.807, 2.05) is 31.1 Å². The van der Waals surface area contributed by atoms with Gasteiger partial charge in [-0.3, -0.25) is 5.10 Å². The van der Waals surface area contributed by atoms with E-state index in [1.165, 1.54) is 0 Å². The van der Waals surface area contributed by atoms with E-state index in [0.717, 1.165) is 49.5 Å². The molecule has 7 heteroatoms. The van der Waals surface area contributed by atoms with E-state index in [0.29, 0.717) is 0 Å². The molecule has 20 heavy (non-hydrogen) atoms. The molecular formula is C13H18N6O. The highest BCUT2D eigenvalue weighted by molar-refractivity contribution is 5.70. The summed E-state index contributed by atoms with van der Waals surface area (Å²) in [5.41, 5.74) is 0.949. The van der Waals surface area contributed by atoms with Crippen molar-refractivity contribution >= 4 is 11.8 Å². The fourth-order valence-electron chi connectivity index (χ4n) is 2.22. The van der Waals surface area contributed by atoms with Gasteiger partial charge >= 0.3 is 0 Å². The van der Waals surface area contributed by atoms with Crippen LogP contribution in [0.15, 0.2) is 18.3 Å².